The average molecular weight is 272 g/mol. The molecule has 102 valence electrons. The lowest BCUT2D eigenvalue weighted by atomic mass is 10.0. The van der Waals surface area contributed by atoms with E-state index in [0.717, 1.165) is 25.0 Å². The van der Waals surface area contributed by atoms with Gasteiger partial charge in [0.05, 0.1) is 18.7 Å². The Hall–Kier alpha value is -0.910. The molecule has 2 aliphatic heterocycles. The molecule has 2 aliphatic rings. The molecule has 0 spiro atoms. The highest BCUT2D eigenvalue weighted by Crippen LogP contribution is 2.33. The molecule has 0 aromatic carbocycles. The number of urea groups is 1. The third-order valence-corrected chi connectivity index (χ3v) is 4.87. The fourth-order valence-corrected chi connectivity index (χ4v) is 4.03. The van der Waals surface area contributed by atoms with Crippen LogP contribution in [0.5, 0.6) is 0 Å². The van der Waals surface area contributed by atoms with Gasteiger partial charge in [0.25, 0.3) is 0 Å². The summed E-state index contributed by atoms with van der Waals surface area (Å²) in [5.41, 5.74) is 0. The van der Waals surface area contributed by atoms with Gasteiger partial charge >= 0.3 is 12.0 Å². The van der Waals surface area contributed by atoms with E-state index in [1.165, 1.54) is 0 Å². The summed E-state index contributed by atoms with van der Waals surface area (Å²) in [6, 6.07) is 0.518. The number of esters is 1. The van der Waals surface area contributed by atoms with Gasteiger partial charge in [-0.2, -0.15) is 11.8 Å². The molecule has 0 unspecified atom stereocenters. The Labute approximate surface area is 111 Å². The van der Waals surface area contributed by atoms with Crippen molar-refractivity contribution < 1.29 is 14.3 Å². The molecule has 0 radical (unpaired) electrons. The van der Waals surface area contributed by atoms with Gasteiger partial charge in [-0.25, -0.2) is 4.79 Å². The van der Waals surface area contributed by atoms with E-state index in [9.17, 15) is 9.59 Å². The van der Waals surface area contributed by atoms with Gasteiger partial charge in [-0.3, -0.25) is 4.79 Å². The number of unbranched alkanes of at least 4 members (excludes halogenated alkanes) is 1. The second kappa shape index (κ2) is 6.31. The number of rotatable bonds is 6. The molecule has 0 bridgehead atoms. The summed E-state index contributed by atoms with van der Waals surface area (Å²) in [6.45, 7) is 2.28. The minimum atomic E-state index is -0.106. The van der Waals surface area contributed by atoms with Crippen LogP contribution in [0.15, 0.2) is 0 Å². The number of hydrogen-bond acceptors (Lipinski definition) is 4. The van der Waals surface area contributed by atoms with E-state index in [1.54, 1.807) is 0 Å². The van der Waals surface area contributed by atoms with Crippen molar-refractivity contribution in [3.63, 3.8) is 0 Å². The van der Waals surface area contributed by atoms with E-state index in [0.29, 0.717) is 18.3 Å². The average Bonchev–Trinajstić information content (AvgIpc) is 2.85. The number of ether oxygens (including phenoxy) is 1. The van der Waals surface area contributed by atoms with Crippen LogP contribution in [0.3, 0.4) is 0 Å². The Morgan fingerprint density at radius 2 is 2.28 bits per heavy atom. The number of nitrogens with one attached hydrogen (secondary N) is 2. The van der Waals surface area contributed by atoms with Crippen molar-refractivity contribution >= 4 is 23.8 Å². The Bertz CT molecular complexity index is 324. The lowest BCUT2D eigenvalue weighted by Crippen LogP contribution is -2.36. The van der Waals surface area contributed by atoms with E-state index in [-0.39, 0.29) is 24.1 Å². The van der Waals surface area contributed by atoms with E-state index in [2.05, 4.69) is 10.6 Å². The van der Waals surface area contributed by atoms with Crippen LogP contribution < -0.4 is 10.6 Å². The standard InChI is InChI=1S/C12H20N2O3S/c1-2-17-10(15)6-4-3-5-9-11-8(7-18-9)13-12(16)14-11/h8-9,11H,2-7H2,1H3,(H2,13,14,16)/t8-,9-,11-/m0/s1. The Kier molecular flexibility index (Phi) is 4.74. The van der Waals surface area contributed by atoms with E-state index >= 15 is 0 Å². The predicted octanol–water partition coefficient (Wildman–Crippen LogP) is 1.28. The molecule has 2 heterocycles. The Morgan fingerprint density at radius 1 is 1.44 bits per heavy atom. The molecular formula is C12H20N2O3S. The smallest absolute Gasteiger partial charge is 0.315 e. The molecule has 3 atom stereocenters. The fraction of sp³-hybridized carbons (Fsp3) is 0.833. The zero-order valence-corrected chi connectivity index (χ0v) is 11.4. The van der Waals surface area contributed by atoms with Crippen LogP contribution in [-0.4, -0.2) is 41.7 Å². The predicted molar refractivity (Wildman–Crippen MR) is 70.6 cm³/mol. The van der Waals surface area contributed by atoms with Gasteiger partial charge in [-0.15, -0.1) is 0 Å². The van der Waals surface area contributed by atoms with Gasteiger partial charge in [0, 0.05) is 17.4 Å². The van der Waals surface area contributed by atoms with Crippen molar-refractivity contribution in [2.75, 3.05) is 12.4 Å². The molecule has 18 heavy (non-hydrogen) atoms. The lowest BCUT2D eigenvalue weighted by Gasteiger charge is -2.16. The van der Waals surface area contributed by atoms with Crippen LogP contribution in [-0.2, 0) is 9.53 Å². The third kappa shape index (κ3) is 3.31. The van der Waals surface area contributed by atoms with E-state index < -0.39 is 0 Å². The van der Waals surface area contributed by atoms with Crippen molar-refractivity contribution in [3.05, 3.63) is 0 Å². The van der Waals surface area contributed by atoms with Gasteiger partial charge in [-0.05, 0) is 19.8 Å². The van der Waals surface area contributed by atoms with Gasteiger partial charge in [0.1, 0.15) is 0 Å². The maximum atomic E-state index is 11.2. The van der Waals surface area contributed by atoms with Crippen molar-refractivity contribution in [1.29, 1.82) is 0 Å². The monoisotopic (exact) mass is 272 g/mol. The Morgan fingerprint density at radius 3 is 3.06 bits per heavy atom. The van der Waals surface area contributed by atoms with Crippen LogP contribution >= 0.6 is 11.8 Å². The molecule has 2 N–H and O–H groups in total. The number of carbonyl (C=O) groups excluding carboxylic acids is 2. The van der Waals surface area contributed by atoms with Crippen LogP contribution in [0.25, 0.3) is 0 Å². The van der Waals surface area contributed by atoms with Gasteiger partial charge < -0.3 is 15.4 Å². The zero-order chi connectivity index (χ0) is 13.0. The topological polar surface area (TPSA) is 67.4 Å². The summed E-state index contributed by atoms with van der Waals surface area (Å²) in [7, 11) is 0. The van der Waals surface area contributed by atoms with E-state index in [1.807, 2.05) is 18.7 Å². The molecule has 0 saturated carbocycles. The minimum Gasteiger partial charge on any atom is -0.466 e. The molecule has 5 nitrogen and oxygen atoms in total. The highest BCUT2D eigenvalue weighted by Gasteiger charge is 2.42. The SMILES string of the molecule is CCOC(=O)CCCC[C@@H]1SC[C@@H]2NC(=O)N[C@@H]21. The second-order valence-corrected chi connectivity index (χ2v) is 5.94. The highest BCUT2D eigenvalue weighted by atomic mass is 32.2. The molecule has 0 aromatic rings. The maximum absolute atomic E-state index is 11.2. The number of fused-ring (bicyclic) bond motifs is 1. The largest absolute Gasteiger partial charge is 0.466 e. The number of amides is 2. The summed E-state index contributed by atoms with van der Waals surface area (Å²) in [5, 5.41) is 6.38. The summed E-state index contributed by atoms with van der Waals surface area (Å²) >= 11 is 1.91. The maximum Gasteiger partial charge on any atom is 0.315 e. The molecule has 2 rings (SSSR count). The van der Waals surface area contributed by atoms with Crippen molar-refractivity contribution in [1.82, 2.24) is 10.6 Å². The first-order valence-electron chi connectivity index (χ1n) is 6.55. The van der Waals surface area contributed by atoms with Crippen molar-refractivity contribution in [2.24, 2.45) is 0 Å². The molecular weight excluding hydrogens is 252 g/mol. The first-order chi connectivity index (χ1) is 8.70. The number of carbonyl (C=O) groups is 2. The molecule has 2 amide bonds. The summed E-state index contributed by atoms with van der Waals surface area (Å²) in [6.07, 6.45) is 3.43. The van der Waals surface area contributed by atoms with Gasteiger partial charge in [0.15, 0.2) is 0 Å². The minimum absolute atomic E-state index is 0.0400. The first-order valence-corrected chi connectivity index (χ1v) is 7.60. The third-order valence-electron chi connectivity index (χ3n) is 3.36. The van der Waals surface area contributed by atoms with Crippen LogP contribution in [0.1, 0.15) is 32.6 Å². The normalized spacial score (nSPS) is 29.6. The molecule has 6 heteroatoms. The molecule has 2 fully saturated rings. The highest BCUT2D eigenvalue weighted by molar-refractivity contribution is 8.00. The zero-order valence-electron chi connectivity index (χ0n) is 10.6. The van der Waals surface area contributed by atoms with Gasteiger partial charge in [0.2, 0.25) is 0 Å². The second-order valence-electron chi connectivity index (χ2n) is 4.67. The van der Waals surface area contributed by atoms with Crippen molar-refractivity contribution in [3.8, 4) is 0 Å². The van der Waals surface area contributed by atoms with Crippen LogP contribution in [0.4, 0.5) is 4.79 Å². The number of hydrogen-bond donors (Lipinski definition) is 2. The Balaban J connectivity index is 1.62. The molecule has 0 aliphatic carbocycles. The van der Waals surface area contributed by atoms with Crippen LogP contribution in [0.2, 0.25) is 0 Å². The van der Waals surface area contributed by atoms with Crippen LogP contribution in [0, 0.1) is 0 Å². The molecule has 2 saturated heterocycles. The first kappa shape index (κ1) is 13.5. The fourth-order valence-electron chi connectivity index (χ4n) is 2.49. The van der Waals surface area contributed by atoms with E-state index in [4.69, 9.17) is 4.74 Å². The summed E-state index contributed by atoms with van der Waals surface area (Å²) in [4.78, 5) is 22.4. The quantitative estimate of drug-likeness (QED) is 0.434. The molecule has 0 aromatic heterocycles. The van der Waals surface area contributed by atoms with Crippen molar-refractivity contribution in [2.45, 2.75) is 49.9 Å². The van der Waals surface area contributed by atoms with Gasteiger partial charge in [-0.1, -0.05) is 6.42 Å². The number of thioether (sulfide) groups is 1. The summed E-state index contributed by atoms with van der Waals surface area (Å²) in [5.74, 6) is 0.886. The summed E-state index contributed by atoms with van der Waals surface area (Å²) < 4.78 is 4.89. The lowest BCUT2D eigenvalue weighted by molar-refractivity contribution is -0.143.